The second-order valence-corrected chi connectivity index (χ2v) is 5.52. The summed E-state index contributed by atoms with van der Waals surface area (Å²) in [5, 5.41) is 0. The molecule has 1 aromatic heterocycles. The topological polar surface area (TPSA) is 28.7 Å². The lowest BCUT2D eigenvalue weighted by molar-refractivity contribution is 0.582. The van der Waals surface area contributed by atoms with Crippen LogP contribution < -0.4 is 0 Å². The predicted molar refractivity (Wildman–Crippen MR) is 78.3 cm³/mol. The summed E-state index contributed by atoms with van der Waals surface area (Å²) in [4.78, 5) is 7.27. The standard InChI is InChI=1S/C15H16F2N2S/c1-7(2)14-18-13(9(4)15(20)19-14)11-10(16)6-5-8(3)12(11)17/h5-7H,1-4H3,(H,18,19,20). The first-order valence-corrected chi connectivity index (χ1v) is 6.79. The minimum absolute atomic E-state index is 0.0714. The molecule has 0 aliphatic heterocycles. The van der Waals surface area contributed by atoms with Gasteiger partial charge in [-0.1, -0.05) is 32.1 Å². The molecular weight excluding hydrogens is 278 g/mol. The predicted octanol–water partition coefficient (Wildman–Crippen LogP) is 4.82. The smallest absolute Gasteiger partial charge is 0.138 e. The summed E-state index contributed by atoms with van der Waals surface area (Å²) in [6.45, 7) is 7.20. The second kappa shape index (κ2) is 5.40. The van der Waals surface area contributed by atoms with E-state index in [9.17, 15) is 8.78 Å². The Hall–Kier alpha value is -1.62. The molecule has 0 saturated heterocycles. The fourth-order valence-corrected chi connectivity index (χ4v) is 2.16. The molecule has 1 heterocycles. The molecule has 0 bridgehead atoms. The van der Waals surface area contributed by atoms with Crippen molar-refractivity contribution in [2.24, 2.45) is 0 Å². The largest absolute Gasteiger partial charge is 0.343 e. The van der Waals surface area contributed by atoms with Gasteiger partial charge in [0.05, 0.1) is 11.3 Å². The Morgan fingerprint density at radius 3 is 2.45 bits per heavy atom. The Morgan fingerprint density at radius 1 is 1.20 bits per heavy atom. The minimum Gasteiger partial charge on any atom is -0.343 e. The number of nitrogens with zero attached hydrogens (tertiary/aromatic N) is 1. The Bertz CT molecular complexity index is 721. The molecular formula is C15H16F2N2S. The van der Waals surface area contributed by atoms with Crippen molar-refractivity contribution in [1.82, 2.24) is 9.97 Å². The molecule has 106 valence electrons. The maximum absolute atomic E-state index is 14.3. The van der Waals surface area contributed by atoms with E-state index in [1.165, 1.54) is 12.1 Å². The highest BCUT2D eigenvalue weighted by Gasteiger charge is 2.18. The van der Waals surface area contributed by atoms with Crippen molar-refractivity contribution in [2.75, 3.05) is 0 Å². The third-order valence-electron chi connectivity index (χ3n) is 3.25. The van der Waals surface area contributed by atoms with Crippen LogP contribution in [0.1, 0.15) is 36.7 Å². The number of nitrogens with one attached hydrogen (secondary N) is 1. The van der Waals surface area contributed by atoms with Gasteiger partial charge >= 0.3 is 0 Å². The maximum atomic E-state index is 14.3. The van der Waals surface area contributed by atoms with Gasteiger partial charge in [-0.15, -0.1) is 0 Å². The second-order valence-electron chi connectivity index (χ2n) is 5.14. The highest BCUT2D eigenvalue weighted by Crippen LogP contribution is 2.30. The summed E-state index contributed by atoms with van der Waals surface area (Å²) in [6.07, 6.45) is 0. The monoisotopic (exact) mass is 294 g/mol. The molecule has 0 unspecified atom stereocenters. The fraction of sp³-hybridized carbons (Fsp3) is 0.333. The van der Waals surface area contributed by atoms with E-state index in [0.29, 0.717) is 27.3 Å². The van der Waals surface area contributed by atoms with Gasteiger partial charge in [0, 0.05) is 11.5 Å². The first-order chi connectivity index (χ1) is 9.32. The summed E-state index contributed by atoms with van der Waals surface area (Å²) in [7, 11) is 0. The molecule has 0 saturated carbocycles. The lowest BCUT2D eigenvalue weighted by atomic mass is 10.0. The van der Waals surface area contributed by atoms with Crippen LogP contribution >= 0.6 is 12.2 Å². The molecule has 0 aliphatic rings. The Morgan fingerprint density at radius 2 is 1.85 bits per heavy atom. The van der Waals surface area contributed by atoms with Crippen LogP contribution in [0.15, 0.2) is 12.1 Å². The SMILES string of the molecule is Cc1ccc(F)c(-c2[nH]c(C(C)C)nc(=S)c2C)c1F. The van der Waals surface area contributed by atoms with Gasteiger partial charge in [-0.2, -0.15) is 0 Å². The van der Waals surface area contributed by atoms with Crippen molar-refractivity contribution in [3.8, 4) is 11.3 Å². The zero-order valence-corrected chi connectivity index (χ0v) is 12.7. The number of aryl methyl sites for hydroxylation is 1. The van der Waals surface area contributed by atoms with Crippen molar-refractivity contribution >= 4 is 12.2 Å². The van der Waals surface area contributed by atoms with Crippen LogP contribution in [0.3, 0.4) is 0 Å². The third-order valence-corrected chi connectivity index (χ3v) is 3.65. The molecule has 20 heavy (non-hydrogen) atoms. The minimum atomic E-state index is -0.609. The summed E-state index contributed by atoms with van der Waals surface area (Å²) >= 11 is 5.19. The molecule has 0 spiro atoms. The zero-order valence-electron chi connectivity index (χ0n) is 11.8. The summed E-state index contributed by atoms with van der Waals surface area (Å²) < 4.78 is 28.7. The molecule has 0 radical (unpaired) electrons. The summed E-state index contributed by atoms with van der Waals surface area (Å²) in [6, 6.07) is 2.68. The lowest BCUT2D eigenvalue weighted by Gasteiger charge is -2.14. The number of aromatic nitrogens is 2. The molecule has 0 atom stereocenters. The van der Waals surface area contributed by atoms with Crippen LogP contribution in [-0.4, -0.2) is 9.97 Å². The number of benzene rings is 1. The molecule has 2 rings (SSSR count). The highest BCUT2D eigenvalue weighted by atomic mass is 32.1. The normalized spacial score (nSPS) is 11.2. The number of halogens is 2. The lowest BCUT2D eigenvalue weighted by Crippen LogP contribution is -2.05. The molecule has 0 fully saturated rings. The van der Waals surface area contributed by atoms with Gasteiger partial charge in [-0.05, 0) is 25.5 Å². The average Bonchev–Trinajstić information content (AvgIpc) is 2.38. The fourth-order valence-electron chi connectivity index (χ4n) is 1.96. The number of rotatable bonds is 2. The van der Waals surface area contributed by atoms with Crippen LogP contribution in [0.4, 0.5) is 8.78 Å². The van der Waals surface area contributed by atoms with Gasteiger partial charge in [0.25, 0.3) is 0 Å². The van der Waals surface area contributed by atoms with Crippen LogP contribution in [-0.2, 0) is 0 Å². The maximum Gasteiger partial charge on any atom is 0.138 e. The van der Waals surface area contributed by atoms with E-state index in [-0.39, 0.29) is 11.5 Å². The third kappa shape index (κ3) is 2.50. The van der Waals surface area contributed by atoms with E-state index >= 15 is 0 Å². The molecule has 1 N–H and O–H groups in total. The average molecular weight is 294 g/mol. The number of H-pyrrole nitrogens is 1. The van der Waals surface area contributed by atoms with Crippen molar-refractivity contribution in [1.29, 1.82) is 0 Å². The molecule has 0 amide bonds. The highest BCUT2D eigenvalue weighted by molar-refractivity contribution is 7.71. The van der Waals surface area contributed by atoms with Gasteiger partial charge in [-0.3, -0.25) is 0 Å². The number of hydrogen-bond acceptors (Lipinski definition) is 2. The van der Waals surface area contributed by atoms with Crippen molar-refractivity contribution in [2.45, 2.75) is 33.6 Å². The van der Waals surface area contributed by atoms with E-state index in [4.69, 9.17) is 12.2 Å². The van der Waals surface area contributed by atoms with E-state index in [2.05, 4.69) is 9.97 Å². The molecule has 2 nitrogen and oxygen atoms in total. The van der Waals surface area contributed by atoms with Gasteiger partial charge in [-0.25, -0.2) is 13.8 Å². The molecule has 1 aromatic carbocycles. The Kier molecular flexibility index (Phi) is 3.99. The van der Waals surface area contributed by atoms with Crippen molar-refractivity contribution in [3.63, 3.8) is 0 Å². The van der Waals surface area contributed by atoms with E-state index < -0.39 is 11.6 Å². The van der Waals surface area contributed by atoms with Crippen LogP contribution in [0.5, 0.6) is 0 Å². The van der Waals surface area contributed by atoms with Crippen LogP contribution in [0, 0.1) is 30.1 Å². The summed E-state index contributed by atoms with van der Waals surface area (Å²) in [5.41, 5.74) is 1.26. The molecule has 0 aliphatic carbocycles. The Balaban J connectivity index is 2.83. The van der Waals surface area contributed by atoms with E-state index in [1.54, 1.807) is 13.8 Å². The van der Waals surface area contributed by atoms with Gasteiger partial charge in [0.2, 0.25) is 0 Å². The first kappa shape index (κ1) is 14.8. The van der Waals surface area contributed by atoms with Crippen LogP contribution in [0.2, 0.25) is 0 Å². The van der Waals surface area contributed by atoms with Gasteiger partial charge < -0.3 is 4.98 Å². The van der Waals surface area contributed by atoms with Crippen molar-refractivity contribution < 1.29 is 8.78 Å². The van der Waals surface area contributed by atoms with E-state index in [1.807, 2.05) is 13.8 Å². The summed E-state index contributed by atoms with van der Waals surface area (Å²) in [5.74, 6) is -0.467. The van der Waals surface area contributed by atoms with Gasteiger partial charge in [0.1, 0.15) is 22.1 Å². The first-order valence-electron chi connectivity index (χ1n) is 6.38. The quantitative estimate of drug-likeness (QED) is 0.804. The number of aromatic amines is 1. The Labute approximate surface area is 121 Å². The van der Waals surface area contributed by atoms with E-state index in [0.717, 1.165) is 0 Å². The van der Waals surface area contributed by atoms with Crippen molar-refractivity contribution in [3.05, 3.63) is 45.4 Å². The van der Waals surface area contributed by atoms with Gasteiger partial charge in [0.15, 0.2) is 0 Å². The molecule has 2 aromatic rings. The van der Waals surface area contributed by atoms with Crippen LogP contribution in [0.25, 0.3) is 11.3 Å². The zero-order chi connectivity index (χ0) is 15.0. The molecule has 5 heteroatoms. The number of hydrogen-bond donors (Lipinski definition) is 1.